The first-order valence-corrected chi connectivity index (χ1v) is 9.93. The normalized spacial score (nSPS) is 21.0. The predicted octanol–water partition coefficient (Wildman–Crippen LogP) is 3.90. The zero-order valence-electron chi connectivity index (χ0n) is 15.8. The second kappa shape index (κ2) is 7.22. The van der Waals surface area contributed by atoms with Crippen LogP contribution in [0, 0.1) is 5.92 Å². The Morgan fingerprint density at radius 2 is 2.04 bits per heavy atom. The van der Waals surface area contributed by atoms with Gasteiger partial charge in [-0.05, 0) is 37.8 Å². The molecule has 1 amide bonds. The number of carbonyl (C=O) groups excluding carboxylic acids is 1. The number of nitrogens with zero attached hydrogens (tertiary/aromatic N) is 4. The molecule has 1 aliphatic heterocycles. The van der Waals surface area contributed by atoms with Gasteiger partial charge in [-0.25, -0.2) is 9.97 Å². The van der Waals surface area contributed by atoms with E-state index < -0.39 is 0 Å². The zero-order valence-corrected chi connectivity index (χ0v) is 15.8. The van der Waals surface area contributed by atoms with Crippen molar-refractivity contribution in [3.05, 3.63) is 42.1 Å². The molecule has 4 rings (SSSR count). The van der Waals surface area contributed by atoms with Crippen molar-refractivity contribution in [2.75, 3.05) is 13.1 Å². The van der Waals surface area contributed by atoms with Gasteiger partial charge in [0.05, 0.1) is 0 Å². The molecule has 0 bridgehead atoms. The maximum atomic E-state index is 12.6. The third-order valence-electron chi connectivity index (χ3n) is 5.79. The molecule has 0 radical (unpaired) electrons. The maximum Gasteiger partial charge on any atom is 0.225 e. The van der Waals surface area contributed by atoms with Crippen molar-refractivity contribution in [3.8, 4) is 5.82 Å². The molecular formula is C21H28N4O. The Morgan fingerprint density at radius 3 is 2.77 bits per heavy atom. The number of imidazole rings is 1. The van der Waals surface area contributed by atoms with Gasteiger partial charge in [0, 0.05) is 48.9 Å². The molecule has 0 spiro atoms. The standard InChI is InChI=1S/C21H28N4O/c1-15(2)20-22-11-13-25(20)19-10-4-9-18(23-19)17-8-5-12-24(14-17)21(26)16-6-3-7-16/h4,9-11,13,15-17H,3,5-8,12,14H2,1-2H3/t17-/m1/s1. The van der Waals surface area contributed by atoms with Crippen molar-refractivity contribution in [2.45, 2.75) is 57.8 Å². The Kier molecular flexibility index (Phi) is 4.79. The summed E-state index contributed by atoms with van der Waals surface area (Å²) < 4.78 is 2.08. The largest absolute Gasteiger partial charge is 0.342 e. The molecule has 1 saturated heterocycles. The summed E-state index contributed by atoms with van der Waals surface area (Å²) in [6, 6.07) is 6.23. The van der Waals surface area contributed by atoms with E-state index in [4.69, 9.17) is 4.98 Å². The van der Waals surface area contributed by atoms with Crippen LogP contribution in [0.5, 0.6) is 0 Å². The smallest absolute Gasteiger partial charge is 0.225 e. The number of aromatic nitrogens is 3. The van der Waals surface area contributed by atoms with Crippen LogP contribution in [0.4, 0.5) is 0 Å². The quantitative estimate of drug-likeness (QED) is 0.838. The first-order valence-electron chi connectivity index (χ1n) is 9.93. The molecule has 5 nitrogen and oxygen atoms in total. The summed E-state index contributed by atoms with van der Waals surface area (Å²) in [5.74, 6) is 3.28. The molecule has 0 aromatic carbocycles. The van der Waals surface area contributed by atoms with E-state index in [1.165, 1.54) is 6.42 Å². The van der Waals surface area contributed by atoms with Crippen molar-refractivity contribution < 1.29 is 4.79 Å². The summed E-state index contributed by atoms with van der Waals surface area (Å²) >= 11 is 0. The van der Waals surface area contributed by atoms with Gasteiger partial charge in [0.25, 0.3) is 0 Å². The second-order valence-electron chi connectivity index (χ2n) is 7.98. The number of pyridine rings is 1. The highest BCUT2D eigenvalue weighted by atomic mass is 16.2. The highest BCUT2D eigenvalue weighted by Gasteiger charge is 2.32. The highest BCUT2D eigenvalue weighted by molar-refractivity contribution is 5.79. The fraction of sp³-hybridized carbons (Fsp3) is 0.571. The van der Waals surface area contributed by atoms with Gasteiger partial charge in [0.1, 0.15) is 11.6 Å². The highest BCUT2D eigenvalue weighted by Crippen LogP contribution is 2.32. The van der Waals surface area contributed by atoms with Crippen LogP contribution in [0.15, 0.2) is 30.6 Å². The molecule has 3 heterocycles. The molecule has 26 heavy (non-hydrogen) atoms. The minimum absolute atomic E-state index is 0.285. The number of rotatable bonds is 4. The van der Waals surface area contributed by atoms with Gasteiger partial charge in [-0.1, -0.05) is 26.3 Å². The average Bonchev–Trinajstić information content (AvgIpc) is 3.10. The lowest BCUT2D eigenvalue weighted by Gasteiger charge is -2.37. The number of piperidine rings is 1. The first-order chi connectivity index (χ1) is 12.6. The molecule has 0 unspecified atom stereocenters. The molecule has 1 atom stereocenters. The maximum absolute atomic E-state index is 12.6. The molecule has 1 aliphatic carbocycles. The Labute approximate surface area is 155 Å². The topological polar surface area (TPSA) is 51.0 Å². The lowest BCUT2D eigenvalue weighted by atomic mass is 9.83. The average molecular weight is 352 g/mol. The molecule has 138 valence electrons. The van der Waals surface area contributed by atoms with E-state index in [0.29, 0.717) is 17.7 Å². The molecule has 1 saturated carbocycles. The van der Waals surface area contributed by atoms with Crippen molar-refractivity contribution in [1.29, 1.82) is 0 Å². The molecule has 2 aromatic rings. The van der Waals surface area contributed by atoms with Crippen LogP contribution in [0.3, 0.4) is 0 Å². The Balaban J connectivity index is 1.54. The van der Waals surface area contributed by atoms with E-state index in [1.807, 2.05) is 18.5 Å². The summed E-state index contributed by atoms with van der Waals surface area (Å²) in [6.07, 6.45) is 9.35. The van der Waals surface area contributed by atoms with Crippen LogP contribution < -0.4 is 0 Å². The van der Waals surface area contributed by atoms with Crippen LogP contribution >= 0.6 is 0 Å². The van der Waals surface area contributed by atoms with Crippen molar-refractivity contribution in [1.82, 2.24) is 19.4 Å². The van der Waals surface area contributed by atoms with Gasteiger partial charge in [0.15, 0.2) is 0 Å². The Hall–Kier alpha value is -2.17. The fourth-order valence-corrected chi connectivity index (χ4v) is 4.07. The first kappa shape index (κ1) is 17.3. The molecule has 2 aromatic heterocycles. The summed E-state index contributed by atoms with van der Waals surface area (Å²) in [5.41, 5.74) is 1.09. The van der Waals surface area contributed by atoms with Crippen molar-refractivity contribution in [3.63, 3.8) is 0 Å². The van der Waals surface area contributed by atoms with Gasteiger partial charge in [-0.3, -0.25) is 9.36 Å². The molecule has 2 fully saturated rings. The van der Waals surface area contributed by atoms with Crippen LogP contribution in [0.1, 0.15) is 69.3 Å². The third-order valence-corrected chi connectivity index (χ3v) is 5.79. The molecule has 5 heteroatoms. The molecule has 0 N–H and O–H groups in total. The van der Waals surface area contributed by atoms with Crippen molar-refractivity contribution in [2.24, 2.45) is 5.92 Å². The van der Waals surface area contributed by atoms with E-state index >= 15 is 0 Å². The minimum Gasteiger partial charge on any atom is -0.342 e. The number of hydrogen-bond donors (Lipinski definition) is 0. The fourth-order valence-electron chi connectivity index (χ4n) is 4.07. The van der Waals surface area contributed by atoms with Gasteiger partial charge in [-0.15, -0.1) is 0 Å². The lowest BCUT2D eigenvalue weighted by Crippen LogP contribution is -2.44. The van der Waals surface area contributed by atoms with E-state index in [-0.39, 0.29) is 5.92 Å². The van der Waals surface area contributed by atoms with Gasteiger partial charge in [-0.2, -0.15) is 0 Å². The summed E-state index contributed by atoms with van der Waals surface area (Å²) in [5, 5.41) is 0. The van der Waals surface area contributed by atoms with Crippen LogP contribution in [0.2, 0.25) is 0 Å². The summed E-state index contributed by atoms with van der Waals surface area (Å²) in [6.45, 7) is 6.01. The minimum atomic E-state index is 0.285. The monoisotopic (exact) mass is 352 g/mol. The van der Waals surface area contributed by atoms with Gasteiger partial charge >= 0.3 is 0 Å². The Morgan fingerprint density at radius 1 is 1.19 bits per heavy atom. The van der Waals surface area contributed by atoms with Gasteiger partial charge in [0.2, 0.25) is 5.91 Å². The van der Waals surface area contributed by atoms with Crippen LogP contribution in [0.25, 0.3) is 5.82 Å². The third kappa shape index (κ3) is 3.27. The number of amides is 1. The molecular weight excluding hydrogens is 324 g/mol. The second-order valence-corrected chi connectivity index (χ2v) is 7.98. The van der Waals surface area contributed by atoms with E-state index in [1.54, 1.807) is 0 Å². The summed E-state index contributed by atoms with van der Waals surface area (Å²) in [7, 11) is 0. The summed E-state index contributed by atoms with van der Waals surface area (Å²) in [4.78, 5) is 24.1. The van der Waals surface area contributed by atoms with E-state index in [2.05, 4.69) is 40.4 Å². The van der Waals surface area contributed by atoms with Crippen LogP contribution in [-0.2, 0) is 4.79 Å². The molecule has 2 aliphatic rings. The Bertz CT molecular complexity index is 778. The lowest BCUT2D eigenvalue weighted by molar-refractivity contribution is -0.139. The number of likely N-dealkylation sites (tertiary alicyclic amines) is 1. The van der Waals surface area contributed by atoms with E-state index in [9.17, 15) is 4.79 Å². The predicted molar refractivity (Wildman–Crippen MR) is 101 cm³/mol. The van der Waals surface area contributed by atoms with Crippen molar-refractivity contribution >= 4 is 5.91 Å². The van der Waals surface area contributed by atoms with Crippen LogP contribution in [-0.4, -0.2) is 38.4 Å². The SMILES string of the molecule is CC(C)c1nccn1-c1cccc([C@@H]2CCCN(C(=O)C3CCC3)C2)n1. The number of carbonyl (C=O) groups is 1. The zero-order chi connectivity index (χ0) is 18.1. The van der Waals surface area contributed by atoms with Gasteiger partial charge < -0.3 is 4.90 Å². The van der Waals surface area contributed by atoms with E-state index in [0.717, 1.165) is 56.1 Å². The number of hydrogen-bond acceptors (Lipinski definition) is 3.